The maximum Gasteiger partial charge on any atom is 0.0140 e. The molecule has 0 bridgehead atoms. The van der Waals surface area contributed by atoms with Gasteiger partial charge in [-0.1, -0.05) is 43.7 Å². The van der Waals surface area contributed by atoms with Crippen LogP contribution in [0.15, 0.2) is 30.3 Å². The van der Waals surface area contributed by atoms with E-state index >= 15 is 0 Å². The highest BCUT2D eigenvalue weighted by atomic mass is 14.8. The number of benzene rings is 1. The van der Waals surface area contributed by atoms with Crippen LogP contribution in [-0.2, 0) is 6.42 Å². The first kappa shape index (κ1) is 10.4. The van der Waals surface area contributed by atoms with Crippen molar-refractivity contribution in [2.45, 2.75) is 26.2 Å². The van der Waals surface area contributed by atoms with E-state index in [1.807, 2.05) is 0 Å². The maximum atomic E-state index is 3.35. The molecule has 1 aromatic rings. The van der Waals surface area contributed by atoms with E-state index in [-0.39, 0.29) is 0 Å². The molecule has 0 saturated heterocycles. The van der Waals surface area contributed by atoms with E-state index in [1.54, 1.807) is 0 Å². The minimum Gasteiger partial charge on any atom is -0.313 e. The molecule has 0 saturated carbocycles. The van der Waals surface area contributed by atoms with Gasteiger partial charge in [0.15, 0.2) is 0 Å². The van der Waals surface area contributed by atoms with E-state index in [4.69, 9.17) is 0 Å². The van der Waals surface area contributed by atoms with Gasteiger partial charge >= 0.3 is 0 Å². The predicted octanol–water partition coefficient (Wildman–Crippen LogP) is 3.02. The van der Waals surface area contributed by atoms with E-state index in [2.05, 4.69) is 42.6 Å². The zero-order chi connectivity index (χ0) is 10.5. The van der Waals surface area contributed by atoms with Crippen LogP contribution in [0.2, 0.25) is 0 Å². The van der Waals surface area contributed by atoms with Gasteiger partial charge in [-0.2, -0.15) is 0 Å². The molecule has 0 radical (unpaired) electrons. The lowest BCUT2D eigenvalue weighted by atomic mass is 9.97. The van der Waals surface area contributed by atoms with Crippen LogP contribution in [0.5, 0.6) is 0 Å². The van der Waals surface area contributed by atoms with E-state index in [0.29, 0.717) is 0 Å². The zero-order valence-electron chi connectivity index (χ0n) is 9.42. The summed E-state index contributed by atoms with van der Waals surface area (Å²) in [5.41, 5.74) is 4.39. The summed E-state index contributed by atoms with van der Waals surface area (Å²) in [7, 11) is 0. The van der Waals surface area contributed by atoms with Gasteiger partial charge in [-0.25, -0.2) is 0 Å². The van der Waals surface area contributed by atoms with Gasteiger partial charge < -0.3 is 5.32 Å². The summed E-state index contributed by atoms with van der Waals surface area (Å²) >= 11 is 0. The summed E-state index contributed by atoms with van der Waals surface area (Å²) in [5.74, 6) is 0. The fraction of sp³-hybridized carbons (Fsp3) is 0.429. The summed E-state index contributed by atoms with van der Waals surface area (Å²) in [6.45, 7) is 4.37. The average Bonchev–Trinajstić information content (AvgIpc) is 2.31. The number of rotatable bonds is 3. The van der Waals surface area contributed by atoms with Gasteiger partial charge in [0.05, 0.1) is 0 Å². The molecule has 1 nitrogen and oxygen atoms in total. The Morgan fingerprint density at radius 3 is 3.00 bits per heavy atom. The monoisotopic (exact) mass is 201 g/mol. The van der Waals surface area contributed by atoms with Crippen molar-refractivity contribution in [3.63, 3.8) is 0 Å². The largest absolute Gasteiger partial charge is 0.313 e. The van der Waals surface area contributed by atoms with Crippen LogP contribution < -0.4 is 5.32 Å². The molecular formula is C14H19N. The third-order valence-corrected chi connectivity index (χ3v) is 2.90. The minimum absolute atomic E-state index is 1.02. The molecule has 1 N–H and O–H groups in total. The van der Waals surface area contributed by atoms with Crippen molar-refractivity contribution >= 4 is 5.57 Å². The smallest absolute Gasteiger partial charge is 0.0140 e. The molecule has 1 aliphatic heterocycles. The molecule has 1 heteroatoms. The molecule has 0 unspecified atom stereocenters. The van der Waals surface area contributed by atoms with Gasteiger partial charge in [-0.15, -0.1) is 0 Å². The van der Waals surface area contributed by atoms with E-state index in [1.165, 1.54) is 29.5 Å². The van der Waals surface area contributed by atoms with Crippen molar-refractivity contribution in [3.05, 3.63) is 41.5 Å². The lowest BCUT2D eigenvalue weighted by Gasteiger charge is -2.14. The SMILES string of the molecule is CCCc1cccc(C2=CCNCC2)c1. The van der Waals surface area contributed by atoms with Gasteiger partial charge in [0, 0.05) is 6.54 Å². The van der Waals surface area contributed by atoms with E-state index in [0.717, 1.165) is 19.5 Å². The lowest BCUT2D eigenvalue weighted by Crippen LogP contribution is -2.20. The Bertz CT molecular complexity index is 352. The number of nitrogens with one attached hydrogen (secondary N) is 1. The molecule has 2 rings (SSSR count). The molecule has 0 amide bonds. The molecule has 1 aromatic carbocycles. The van der Waals surface area contributed by atoms with Crippen molar-refractivity contribution in [2.75, 3.05) is 13.1 Å². The Balaban J connectivity index is 2.20. The van der Waals surface area contributed by atoms with Crippen LogP contribution >= 0.6 is 0 Å². The maximum absolute atomic E-state index is 3.35. The second kappa shape index (κ2) is 5.13. The standard InChI is InChI=1S/C14H19N/c1-2-4-12-5-3-6-14(11-12)13-7-9-15-10-8-13/h3,5-7,11,15H,2,4,8-10H2,1H3. The Hall–Kier alpha value is -1.08. The van der Waals surface area contributed by atoms with Crippen LogP contribution in [0.25, 0.3) is 5.57 Å². The molecule has 1 heterocycles. The molecule has 0 atom stereocenters. The second-order valence-corrected chi connectivity index (χ2v) is 4.13. The molecule has 0 spiro atoms. The minimum atomic E-state index is 1.02. The topological polar surface area (TPSA) is 12.0 Å². The Kier molecular flexibility index (Phi) is 3.57. The van der Waals surface area contributed by atoms with Crippen molar-refractivity contribution in [1.82, 2.24) is 5.32 Å². The molecule has 15 heavy (non-hydrogen) atoms. The van der Waals surface area contributed by atoms with Crippen LogP contribution in [-0.4, -0.2) is 13.1 Å². The highest BCUT2D eigenvalue weighted by Gasteiger charge is 2.05. The van der Waals surface area contributed by atoms with Crippen LogP contribution in [0.3, 0.4) is 0 Å². The Labute approximate surface area is 92.2 Å². The fourth-order valence-electron chi connectivity index (χ4n) is 2.10. The predicted molar refractivity (Wildman–Crippen MR) is 65.9 cm³/mol. The summed E-state index contributed by atoms with van der Waals surface area (Å²) in [5, 5.41) is 3.35. The van der Waals surface area contributed by atoms with Gasteiger partial charge in [-0.05, 0) is 36.1 Å². The first-order valence-electron chi connectivity index (χ1n) is 5.89. The third kappa shape index (κ3) is 2.69. The van der Waals surface area contributed by atoms with E-state index in [9.17, 15) is 0 Å². The zero-order valence-corrected chi connectivity index (χ0v) is 9.42. The molecule has 1 aliphatic rings. The van der Waals surface area contributed by atoms with Crippen molar-refractivity contribution in [3.8, 4) is 0 Å². The molecule has 0 aromatic heterocycles. The van der Waals surface area contributed by atoms with Gasteiger partial charge in [-0.3, -0.25) is 0 Å². The third-order valence-electron chi connectivity index (χ3n) is 2.90. The molecule has 0 fully saturated rings. The number of hydrogen-bond donors (Lipinski definition) is 1. The van der Waals surface area contributed by atoms with Gasteiger partial charge in [0.2, 0.25) is 0 Å². The normalized spacial score (nSPS) is 16.2. The molecule has 80 valence electrons. The summed E-state index contributed by atoms with van der Waals surface area (Å²) in [4.78, 5) is 0. The van der Waals surface area contributed by atoms with Crippen LogP contribution in [0, 0.1) is 0 Å². The fourth-order valence-corrected chi connectivity index (χ4v) is 2.10. The second-order valence-electron chi connectivity index (χ2n) is 4.13. The van der Waals surface area contributed by atoms with Crippen LogP contribution in [0.1, 0.15) is 30.9 Å². The Morgan fingerprint density at radius 1 is 1.33 bits per heavy atom. The quantitative estimate of drug-likeness (QED) is 0.792. The molecular weight excluding hydrogens is 182 g/mol. The number of hydrogen-bond acceptors (Lipinski definition) is 1. The van der Waals surface area contributed by atoms with E-state index < -0.39 is 0 Å². The summed E-state index contributed by atoms with van der Waals surface area (Å²) in [6.07, 6.45) is 5.90. The van der Waals surface area contributed by atoms with Crippen LogP contribution in [0.4, 0.5) is 0 Å². The Morgan fingerprint density at radius 2 is 2.27 bits per heavy atom. The lowest BCUT2D eigenvalue weighted by molar-refractivity contribution is 0.738. The summed E-state index contributed by atoms with van der Waals surface area (Å²) in [6, 6.07) is 8.99. The molecule has 0 aliphatic carbocycles. The first-order valence-corrected chi connectivity index (χ1v) is 5.89. The van der Waals surface area contributed by atoms with Gasteiger partial charge in [0.25, 0.3) is 0 Å². The summed E-state index contributed by atoms with van der Waals surface area (Å²) < 4.78 is 0. The average molecular weight is 201 g/mol. The van der Waals surface area contributed by atoms with Crippen molar-refractivity contribution < 1.29 is 0 Å². The highest BCUT2D eigenvalue weighted by Crippen LogP contribution is 2.20. The van der Waals surface area contributed by atoms with Crippen molar-refractivity contribution in [1.29, 1.82) is 0 Å². The van der Waals surface area contributed by atoms with Gasteiger partial charge in [0.1, 0.15) is 0 Å². The first-order chi connectivity index (χ1) is 7.40. The highest BCUT2D eigenvalue weighted by molar-refractivity contribution is 5.67. The van der Waals surface area contributed by atoms with Crippen molar-refractivity contribution in [2.24, 2.45) is 0 Å². The number of aryl methyl sites for hydroxylation is 1.